The van der Waals surface area contributed by atoms with Crippen LogP contribution in [0.4, 0.5) is 0 Å². The zero-order valence-corrected chi connectivity index (χ0v) is 19.3. The highest BCUT2D eigenvalue weighted by atomic mass is 16.3. The van der Waals surface area contributed by atoms with Gasteiger partial charge in [0.15, 0.2) is 0 Å². The predicted octanol–water partition coefficient (Wildman–Crippen LogP) is 3.42. The predicted molar refractivity (Wildman–Crippen MR) is 125 cm³/mol. The van der Waals surface area contributed by atoms with Crippen LogP contribution in [0.5, 0.6) is 0 Å². The molecular weight excluding hydrogens is 398 g/mol. The van der Waals surface area contributed by atoms with Gasteiger partial charge in [0.25, 0.3) is 0 Å². The molecule has 5 nitrogen and oxygen atoms in total. The number of nitrogens with zero attached hydrogens (tertiary/aromatic N) is 1. The Balaban J connectivity index is 1.03. The van der Waals surface area contributed by atoms with E-state index in [1.165, 1.54) is 50.5 Å². The van der Waals surface area contributed by atoms with E-state index in [0.717, 1.165) is 50.7 Å². The molecule has 1 aromatic carbocycles. The highest BCUT2D eigenvalue weighted by molar-refractivity contribution is 5.92. The maximum Gasteiger partial charge on any atom is 0.248 e. The third-order valence-corrected chi connectivity index (χ3v) is 9.73. The Labute approximate surface area is 192 Å². The first-order valence-corrected chi connectivity index (χ1v) is 13.0. The molecule has 32 heavy (non-hydrogen) atoms. The Morgan fingerprint density at radius 3 is 2.47 bits per heavy atom. The van der Waals surface area contributed by atoms with Crippen LogP contribution in [0.3, 0.4) is 0 Å². The number of amides is 1. The van der Waals surface area contributed by atoms with E-state index in [2.05, 4.69) is 16.3 Å². The van der Waals surface area contributed by atoms with Crippen molar-refractivity contribution in [2.24, 2.45) is 23.0 Å². The first-order chi connectivity index (χ1) is 15.4. The van der Waals surface area contributed by atoms with E-state index < -0.39 is 0 Å². The Bertz CT molecular complexity index is 857. The van der Waals surface area contributed by atoms with E-state index in [1.807, 2.05) is 18.2 Å². The van der Waals surface area contributed by atoms with Gasteiger partial charge in [0, 0.05) is 37.3 Å². The maximum atomic E-state index is 11.6. The van der Waals surface area contributed by atoms with Gasteiger partial charge in [-0.15, -0.1) is 0 Å². The zero-order chi connectivity index (χ0) is 21.9. The van der Waals surface area contributed by atoms with Crippen LogP contribution >= 0.6 is 0 Å². The van der Waals surface area contributed by atoms with Crippen LogP contribution in [-0.2, 0) is 0 Å². The van der Waals surface area contributed by atoms with Crippen LogP contribution in [-0.4, -0.2) is 53.2 Å². The normalized spacial score (nSPS) is 42.5. The van der Waals surface area contributed by atoms with Gasteiger partial charge in [-0.3, -0.25) is 9.69 Å². The molecular formula is C27H39N3O2. The molecule has 5 heteroatoms. The van der Waals surface area contributed by atoms with Crippen LogP contribution in [0.15, 0.2) is 24.3 Å². The number of carbonyl (C=O) groups excluding carboxylic acids is 1. The van der Waals surface area contributed by atoms with Crippen LogP contribution in [0.25, 0.3) is 0 Å². The number of rotatable bonds is 7. The summed E-state index contributed by atoms with van der Waals surface area (Å²) in [5, 5.41) is 14.8. The molecule has 2 aliphatic heterocycles. The third-order valence-electron chi connectivity index (χ3n) is 9.73. The molecule has 6 fully saturated rings. The lowest BCUT2D eigenvalue weighted by Gasteiger charge is -2.60. The number of nitrogens with two attached hydrogens (primary N) is 1. The van der Waals surface area contributed by atoms with Crippen molar-refractivity contribution in [2.45, 2.75) is 87.8 Å². The van der Waals surface area contributed by atoms with Crippen LogP contribution in [0.1, 0.15) is 86.0 Å². The highest BCUT2D eigenvalue weighted by Crippen LogP contribution is 2.61. The van der Waals surface area contributed by atoms with Crippen molar-refractivity contribution in [3.63, 3.8) is 0 Å². The highest BCUT2D eigenvalue weighted by Gasteiger charge is 2.56. The minimum absolute atomic E-state index is 0.329. The molecule has 4 aliphatic carbocycles. The molecule has 0 aromatic heterocycles. The molecule has 7 rings (SSSR count). The van der Waals surface area contributed by atoms with Crippen molar-refractivity contribution in [1.82, 2.24) is 10.2 Å². The molecule has 1 aromatic rings. The second kappa shape index (κ2) is 7.82. The quantitative estimate of drug-likeness (QED) is 0.571. The van der Waals surface area contributed by atoms with E-state index in [1.54, 1.807) is 0 Å². The van der Waals surface area contributed by atoms with Crippen molar-refractivity contribution < 1.29 is 9.90 Å². The number of fused-ring (bicyclic) bond motifs is 2. The summed E-state index contributed by atoms with van der Waals surface area (Å²) in [4.78, 5) is 14.3. The van der Waals surface area contributed by atoms with Gasteiger partial charge in [-0.05, 0) is 105 Å². The average Bonchev–Trinajstić information content (AvgIpc) is 2.96. The summed E-state index contributed by atoms with van der Waals surface area (Å²) in [5.74, 6) is 1.75. The molecule has 2 heterocycles. The third kappa shape index (κ3) is 3.80. The molecule has 0 spiro atoms. The standard InChI is InChI=1S/C27H39N3O2/c28-25(31)21-3-1-2-20(9-21)22-10-23-4-5-24(11-22)30(23)7-6-29-17-26-12-18-8-19(13-26)15-27(32,14-18)16-26/h1-3,9,18-19,22-24,29,32H,4-8,10-17H2,(H2,28,31). The summed E-state index contributed by atoms with van der Waals surface area (Å²) < 4.78 is 0. The molecule has 4 atom stereocenters. The lowest BCUT2D eigenvalue weighted by Crippen LogP contribution is -2.58. The van der Waals surface area contributed by atoms with Crippen molar-refractivity contribution >= 4 is 5.91 Å². The smallest absolute Gasteiger partial charge is 0.248 e. The lowest BCUT2D eigenvalue weighted by atomic mass is 9.48. The minimum atomic E-state index is -0.349. The largest absolute Gasteiger partial charge is 0.390 e. The summed E-state index contributed by atoms with van der Waals surface area (Å²) in [6.07, 6.45) is 12.2. The van der Waals surface area contributed by atoms with Gasteiger partial charge in [-0.2, -0.15) is 0 Å². The second-order valence-corrected chi connectivity index (χ2v) is 12.1. The molecule has 6 bridgehead atoms. The van der Waals surface area contributed by atoms with E-state index in [0.29, 0.717) is 29.0 Å². The van der Waals surface area contributed by atoms with Gasteiger partial charge in [0.05, 0.1) is 5.60 Å². The Kier molecular flexibility index (Phi) is 5.16. The molecule has 4 N–H and O–H groups in total. The van der Waals surface area contributed by atoms with Crippen molar-refractivity contribution in [3.05, 3.63) is 35.4 Å². The minimum Gasteiger partial charge on any atom is -0.390 e. The number of benzene rings is 1. The van der Waals surface area contributed by atoms with Gasteiger partial charge < -0.3 is 16.2 Å². The van der Waals surface area contributed by atoms with E-state index in [9.17, 15) is 9.90 Å². The summed E-state index contributed by atoms with van der Waals surface area (Å²) >= 11 is 0. The summed E-state index contributed by atoms with van der Waals surface area (Å²) in [6.45, 7) is 3.29. The molecule has 1 amide bonds. The van der Waals surface area contributed by atoms with Gasteiger partial charge in [-0.25, -0.2) is 0 Å². The summed E-state index contributed by atoms with van der Waals surface area (Å²) in [6, 6.07) is 9.32. The summed E-state index contributed by atoms with van der Waals surface area (Å²) in [5.41, 5.74) is 7.43. The van der Waals surface area contributed by atoms with Gasteiger partial charge in [-0.1, -0.05) is 12.1 Å². The number of hydrogen-bond acceptors (Lipinski definition) is 4. The number of carbonyl (C=O) groups is 1. The maximum absolute atomic E-state index is 11.6. The number of hydrogen-bond donors (Lipinski definition) is 3. The number of primary amides is 1. The fraction of sp³-hybridized carbons (Fsp3) is 0.741. The van der Waals surface area contributed by atoms with Crippen LogP contribution in [0, 0.1) is 17.3 Å². The second-order valence-electron chi connectivity index (χ2n) is 12.1. The van der Waals surface area contributed by atoms with Gasteiger partial charge in [0.2, 0.25) is 5.91 Å². The van der Waals surface area contributed by atoms with Crippen LogP contribution < -0.4 is 11.1 Å². The van der Waals surface area contributed by atoms with Crippen molar-refractivity contribution in [1.29, 1.82) is 0 Å². The molecule has 2 saturated heterocycles. The molecule has 6 aliphatic rings. The number of aliphatic hydroxyl groups is 1. The van der Waals surface area contributed by atoms with Crippen molar-refractivity contribution in [2.75, 3.05) is 19.6 Å². The molecule has 4 unspecified atom stereocenters. The first kappa shape index (κ1) is 21.1. The fourth-order valence-corrected chi connectivity index (χ4v) is 9.03. The number of piperidine rings is 1. The van der Waals surface area contributed by atoms with E-state index >= 15 is 0 Å². The molecule has 0 radical (unpaired) electrons. The fourth-order valence-electron chi connectivity index (χ4n) is 9.03. The van der Waals surface area contributed by atoms with E-state index in [-0.39, 0.29) is 11.5 Å². The summed E-state index contributed by atoms with van der Waals surface area (Å²) in [7, 11) is 0. The van der Waals surface area contributed by atoms with Crippen molar-refractivity contribution in [3.8, 4) is 0 Å². The van der Waals surface area contributed by atoms with Gasteiger partial charge >= 0.3 is 0 Å². The monoisotopic (exact) mass is 437 g/mol. The average molecular weight is 438 g/mol. The molecule has 174 valence electrons. The first-order valence-electron chi connectivity index (χ1n) is 13.0. The lowest BCUT2D eigenvalue weighted by molar-refractivity contribution is -0.162. The van der Waals surface area contributed by atoms with Gasteiger partial charge in [0.1, 0.15) is 0 Å². The Hall–Kier alpha value is -1.43. The topological polar surface area (TPSA) is 78.6 Å². The zero-order valence-electron chi connectivity index (χ0n) is 19.3. The molecule has 4 saturated carbocycles. The Morgan fingerprint density at radius 1 is 1.09 bits per heavy atom. The Morgan fingerprint density at radius 2 is 1.81 bits per heavy atom. The van der Waals surface area contributed by atoms with Crippen LogP contribution in [0.2, 0.25) is 0 Å². The van der Waals surface area contributed by atoms with E-state index in [4.69, 9.17) is 5.73 Å². The SMILES string of the molecule is NC(=O)c1cccc(C2CC3CCC(C2)N3CCNCC23CC4CC(CC(O)(C4)C2)C3)c1. The number of nitrogens with one attached hydrogen (secondary N) is 1.